The minimum absolute atomic E-state index is 0.0547. The predicted molar refractivity (Wildman–Crippen MR) is 105 cm³/mol. The van der Waals surface area contributed by atoms with Crippen LogP contribution in [0.3, 0.4) is 0 Å². The summed E-state index contributed by atoms with van der Waals surface area (Å²) in [7, 11) is -1.97. The third-order valence-electron chi connectivity index (χ3n) is 5.27. The Labute approximate surface area is 162 Å². The van der Waals surface area contributed by atoms with E-state index in [0.717, 1.165) is 5.56 Å². The molecular weight excluding hydrogens is 366 g/mol. The Kier molecular flexibility index (Phi) is 7.59. The highest BCUT2D eigenvalue weighted by atomic mass is 32.2. The zero-order chi connectivity index (χ0) is 20.2. The van der Waals surface area contributed by atoms with E-state index in [1.165, 1.54) is 0 Å². The van der Waals surface area contributed by atoms with E-state index in [1.807, 2.05) is 13.8 Å². The van der Waals surface area contributed by atoms with Crippen molar-refractivity contribution in [3.05, 3.63) is 42.5 Å². The molecule has 0 bridgehead atoms. The third-order valence-corrected chi connectivity index (χ3v) is 7.09. The molecule has 6 unspecified atom stereocenters. The van der Waals surface area contributed by atoms with Crippen LogP contribution in [0.2, 0.25) is 0 Å². The van der Waals surface area contributed by atoms with Crippen LogP contribution in [0.15, 0.2) is 41.8 Å². The van der Waals surface area contributed by atoms with Crippen molar-refractivity contribution in [2.45, 2.75) is 49.6 Å². The van der Waals surface area contributed by atoms with E-state index in [4.69, 9.17) is 15.2 Å². The number of nitrogens with two attached hydrogens (primary N) is 1. The van der Waals surface area contributed by atoms with Gasteiger partial charge in [0.15, 0.2) is 9.84 Å². The van der Waals surface area contributed by atoms with E-state index in [2.05, 4.69) is 6.58 Å². The molecule has 1 aliphatic heterocycles. The lowest BCUT2D eigenvalue weighted by Crippen LogP contribution is -2.38. The molecule has 2 rings (SSSR count). The Morgan fingerprint density at radius 1 is 1.37 bits per heavy atom. The topological polar surface area (TPSA) is 98.8 Å². The molecule has 0 amide bonds. The lowest BCUT2D eigenvalue weighted by atomic mass is 9.89. The summed E-state index contributed by atoms with van der Waals surface area (Å²) in [5.41, 5.74) is 6.53. The first-order chi connectivity index (χ1) is 12.7. The van der Waals surface area contributed by atoms with Crippen LogP contribution >= 0.6 is 0 Å². The van der Waals surface area contributed by atoms with Crippen molar-refractivity contribution in [1.82, 2.24) is 0 Å². The van der Waals surface area contributed by atoms with Gasteiger partial charge in [-0.1, -0.05) is 30.7 Å². The second-order valence-corrected chi connectivity index (χ2v) is 9.35. The highest BCUT2D eigenvalue weighted by Gasteiger charge is 2.48. The Morgan fingerprint density at radius 2 is 2.00 bits per heavy atom. The van der Waals surface area contributed by atoms with Gasteiger partial charge in [-0.25, -0.2) is 8.42 Å². The maximum Gasteiger partial charge on any atom is 0.178 e. The van der Waals surface area contributed by atoms with Crippen molar-refractivity contribution in [2.75, 3.05) is 19.4 Å². The summed E-state index contributed by atoms with van der Waals surface area (Å²) in [6.07, 6.45) is 0.113. The first-order valence-corrected chi connectivity index (χ1v) is 10.9. The van der Waals surface area contributed by atoms with E-state index in [-0.39, 0.29) is 30.2 Å². The molecule has 1 aromatic carbocycles. The monoisotopic (exact) mass is 397 g/mol. The van der Waals surface area contributed by atoms with Gasteiger partial charge in [-0.15, -0.1) is 6.58 Å². The second-order valence-electron chi connectivity index (χ2n) is 7.32. The van der Waals surface area contributed by atoms with Gasteiger partial charge in [0.1, 0.15) is 0 Å². The molecule has 3 N–H and O–H groups in total. The second kappa shape index (κ2) is 9.30. The molecule has 0 spiro atoms. The van der Waals surface area contributed by atoms with Crippen LogP contribution in [0.5, 0.6) is 0 Å². The average Bonchev–Trinajstić information content (AvgIpc) is 2.97. The Hall–Kier alpha value is -1.25. The van der Waals surface area contributed by atoms with Gasteiger partial charge >= 0.3 is 0 Å². The largest absolute Gasteiger partial charge is 0.392 e. The summed E-state index contributed by atoms with van der Waals surface area (Å²) in [6, 6.07) is 6.83. The van der Waals surface area contributed by atoms with Gasteiger partial charge < -0.3 is 20.3 Å². The highest BCUT2D eigenvalue weighted by molar-refractivity contribution is 7.91. The van der Waals surface area contributed by atoms with Gasteiger partial charge in [0, 0.05) is 31.9 Å². The van der Waals surface area contributed by atoms with Crippen molar-refractivity contribution in [1.29, 1.82) is 0 Å². The molecule has 0 aliphatic carbocycles. The summed E-state index contributed by atoms with van der Waals surface area (Å²) in [5.74, 6) is -0.516. The average molecular weight is 398 g/mol. The minimum atomic E-state index is -3.52. The molecule has 152 valence electrons. The summed E-state index contributed by atoms with van der Waals surface area (Å²) in [4.78, 5) is 0.290. The minimum Gasteiger partial charge on any atom is -0.392 e. The van der Waals surface area contributed by atoms with Gasteiger partial charge in [-0.05, 0) is 19.1 Å². The standard InChI is InChI=1S/C20H31NO5S/c1-5-14(3)19-17(20(25-4)18(26-19)10-15(22)11-21)12-27(23,24)16-8-6-13(2)7-9-16/h5-9,14-15,17-20,22H,1,10-12,21H2,2-4H3. The van der Waals surface area contributed by atoms with Crippen LogP contribution in [-0.4, -0.2) is 57.3 Å². The lowest BCUT2D eigenvalue weighted by molar-refractivity contribution is -0.0365. The number of benzene rings is 1. The summed E-state index contributed by atoms with van der Waals surface area (Å²) in [6.45, 7) is 7.79. The molecule has 0 saturated carbocycles. The third kappa shape index (κ3) is 5.18. The smallest absolute Gasteiger partial charge is 0.178 e. The number of ether oxygens (including phenoxy) is 2. The molecule has 0 aromatic heterocycles. The van der Waals surface area contributed by atoms with Crippen LogP contribution in [0.25, 0.3) is 0 Å². The van der Waals surface area contributed by atoms with E-state index in [0.29, 0.717) is 11.3 Å². The fourth-order valence-corrected chi connectivity index (χ4v) is 5.29. The van der Waals surface area contributed by atoms with Crippen LogP contribution < -0.4 is 5.73 Å². The number of hydrogen-bond acceptors (Lipinski definition) is 6. The summed E-state index contributed by atoms with van der Waals surface area (Å²) in [5, 5.41) is 9.94. The van der Waals surface area contributed by atoms with Crippen LogP contribution in [0.1, 0.15) is 18.9 Å². The van der Waals surface area contributed by atoms with E-state index in [1.54, 1.807) is 37.5 Å². The first-order valence-electron chi connectivity index (χ1n) is 9.21. The number of sulfone groups is 1. The number of rotatable bonds is 9. The number of aliphatic hydroxyl groups excluding tert-OH is 1. The van der Waals surface area contributed by atoms with Gasteiger partial charge in [-0.2, -0.15) is 0 Å². The number of aryl methyl sites for hydroxylation is 1. The maximum atomic E-state index is 13.0. The molecule has 1 aliphatic rings. The van der Waals surface area contributed by atoms with Crippen molar-refractivity contribution >= 4 is 9.84 Å². The molecular formula is C20H31NO5S. The zero-order valence-corrected chi connectivity index (χ0v) is 17.1. The van der Waals surface area contributed by atoms with E-state index in [9.17, 15) is 13.5 Å². The quantitative estimate of drug-likeness (QED) is 0.616. The molecule has 0 radical (unpaired) electrons. The Balaban J connectivity index is 2.30. The van der Waals surface area contributed by atoms with Gasteiger partial charge in [0.2, 0.25) is 0 Å². The van der Waals surface area contributed by atoms with Gasteiger partial charge in [0.25, 0.3) is 0 Å². The molecule has 1 fully saturated rings. The van der Waals surface area contributed by atoms with Crippen molar-refractivity contribution in [2.24, 2.45) is 17.6 Å². The zero-order valence-electron chi connectivity index (χ0n) is 16.2. The van der Waals surface area contributed by atoms with Gasteiger partial charge in [-0.3, -0.25) is 0 Å². The van der Waals surface area contributed by atoms with Crippen LogP contribution in [-0.2, 0) is 19.3 Å². The molecule has 6 nitrogen and oxygen atoms in total. The fraction of sp³-hybridized carbons (Fsp3) is 0.600. The normalized spacial score (nSPS) is 28.0. The predicted octanol–water partition coefficient (Wildman–Crippen LogP) is 1.70. The molecule has 6 atom stereocenters. The van der Waals surface area contributed by atoms with E-state index >= 15 is 0 Å². The molecule has 7 heteroatoms. The molecule has 1 heterocycles. The summed E-state index contributed by atoms with van der Waals surface area (Å²) >= 11 is 0. The highest BCUT2D eigenvalue weighted by Crippen LogP contribution is 2.37. The number of methoxy groups -OCH3 is 1. The molecule has 1 aromatic rings. The maximum absolute atomic E-state index is 13.0. The molecule has 27 heavy (non-hydrogen) atoms. The van der Waals surface area contributed by atoms with Crippen LogP contribution in [0, 0.1) is 18.8 Å². The lowest BCUT2D eigenvalue weighted by Gasteiger charge is -2.25. The van der Waals surface area contributed by atoms with Crippen molar-refractivity contribution < 1.29 is 23.0 Å². The Bertz CT molecular complexity index is 718. The van der Waals surface area contributed by atoms with E-state index < -0.39 is 28.1 Å². The fourth-order valence-electron chi connectivity index (χ4n) is 3.66. The van der Waals surface area contributed by atoms with Crippen LogP contribution in [0.4, 0.5) is 0 Å². The van der Waals surface area contributed by atoms with Crippen molar-refractivity contribution in [3.63, 3.8) is 0 Å². The molecule has 1 saturated heterocycles. The van der Waals surface area contributed by atoms with Gasteiger partial charge in [0.05, 0.1) is 35.1 Å². The number of aliphatic hydroxyl groups is 1. The Morgan fingerprint density at radius 3 is 2.52 bits per heavy atom. The summed E-state index contributed by atoms with van der Waals surface area (Å²) < 4.78 is 37.8. The SMILES string of the molecule is C=CC(C)C1OC(CC(O)CN)C(OC)C1CS(=O)(=O)c1ccc(C)cc1. The van der Waals surface area contributed by atoms with Crippen molar-refractivity contribution in [3.8, 4) is 0 Å². The number of hydrogen-bond donors (Lipinski definition) is 2. The first kappa shape index (κ1) is 22.0.